The minimum atomic E-state index is 0.0353. The molecular formula is C15H18N2O2S. The fraction of sp³-hybridized carbons (Fsp3) is 0.533. The normalized spacial score (nSPS) is 14.5. The van der Waals surface area contributed by atoms with Crippen LogP contribution in [0.3, 0.4) is 0 Å². The molecule has 2 aromatic heterocycles. The number of nitrogens with zero attached hydrogens (tertiary/aromatic N) is 2. The predicted molar refractivity (Wildman–Crippen MR) is 80.6 cm³/mol. The first kappa shape index (κ1) is 13.5. The van der Waals surface area contributed by atoms with Crippen molar-refractivity contribution in [3.63, 3.8) is 0 Å². The number of aryl methyl sites for hydroxylation is 3. The summed E-state index contributed by atoms with van der Waals surface area (Å²) in [5, 5.41) is 0.804. The van der Waals surface area contributed by atoms with Crippen LogP contribution in [-0.2, 0) is 24.2 Å². The maximum Gasteiger partial charge on any atom is 0.262 e. The quantitative estimate of drug-likeness (QED) is 0.873. The number of fused-ring (bicyclic) bond motifs is 3. The van der Waals surface area contributed by atoms with E-state index >= 15 is 0 Å². The van der Waals surface area contributed by atoms with Gasteiger partial charge in [0.15, 0.2) is 0 Å². The number of Topliss-reactive ketones (excluding diaryl/α,β-unsaturated/α-hetero) is 1. The van der Waals surface area contributed by atoms with E-state index in [0.717, 1.165) is 29.5 Å². The lowest BCUT2D eigenvalue weighted by molar-refractivity contribution is -0.117. The smallest absolute Gasteiger partial charge is 0.262 e. The van der Waals surface area contributed by atoms with Crippen molar-refractivity contribution in [1.82, 2.24) is 9.55 Å². The van der Waals surface area contributed by atoms with E-state index in [9.17, 15) is 9.59 Å². The molecule has 0 aromatic carbocycles. The van der Waals surface area contributed by atoms with Gasteiger partial charge in [-0.3, -0.25) is 14.2 Å². The molecular weight excluding hydrogens is 272 g/mol. The lowest BCUT2D eigenvalue weighted by Gasteiger charge is -2.11. The summed E-state index contributed by atoms with van der Waals surface area (Å²) in [4.78, 5) is 30.7. The third-order valence-electron chi connectivity index (χ3n) is 3.95. The highest BCUT2D eigenvalue weighted by Gasteiger charge is 2.21. The Kier molecular flexibility index (Phi) is 3.46. The van der Waals surface area contributed by atoms with Crippen LogP contribution in [-0.4, -0.2) is 15.3 Å². The highest BCUT2D eigenvalue weighted by molar-refractivity contribution is 7.18. The molecule has 0 aliphatic heterocycles. The number of carbonyl (C=O) groups is 1. The van der Waals surface area contributed by atoms with Gasteiger partial charge in [0.05, 0.1) is 5.39 Å². The van der Waals surface area contributed by atoms with Crippen LogP contribution in [0, 0.1) is 6.92 Å². The number of aromatic nitrogens is 2. The van der Waals surface area contributed by atoms with Crippen molar-refractivity contribution in [2.45, 2.75) is 52.5 Å². The van der Waals surface area contributed by atoms with Gasteiger partial charge in [-0.15, -0.1) is 11.3 Å². The first-order valence-corrected chi connectivity index (χ1v) is 7.90. The van der Waals surface area contributed by atoms with Crippen molar-refractivity contribution < 1.29 is 4.79 Å². The Morgan fingerprint density at radius 3 is 2.85 bits per heavy atom. The van der Waals surface area contributed by atoms with Crippen LogP contribution in [0.5, 0.6) is 0 Å². The number of hydrogen-bond donors (Lipinski definition) is 0. The van der Waals surface area contributed by atoms with E-state index in [-0.39, 0.29) is 11.3 Å². The van der Waals surface area contributed by atoms with Crippen LogP contribution in [0.1, 0.15) is 42.5 Å². The summed E-state index contributed by atoms with van der Waals surface area (Å²) in [7, 11) is 0. The van der Waals surface area contributed by atoms with E-state index < -0.39 is 0 Å². The minimum Gasteiger partial charge on any atom is -0.300 e. The van der Waals surface area contributed by atoms with E-state index in [4.69, 9.17) is 0 Å². The first-order chi connectivity index (χ1) is 9.58. The van der Waals surface area contributed by atoms with Crippen LogP contribution in [0.15, 0.2) is 4.79 Å². The van der Waals surface area contributed by atoms with Gasteiger partial charge < -0.3 is 0 Å². The van der Waals surface area contributed by atoms with Gasteiger partial charge in [-0.2, -0.15) is 0 Å². The molecule has 106 valence electrons. The van der Waals surface area contributed by atoms with Gasteiger partial charge in [-0.05, 0) is 45.1 Å². The molecule has 5 heteroatoms. The summed E-state index contributed by atoms with van der Waals surface area (Å²) < 4.78 is 1.66. The van der Waals surface area contributed by atoms with Crippen LogP contribution in [0.25, 0.3) is 10.2 Å². The van der Waals surface area contributed by atoms with Crippen molar-refractivity contribution in [2.24, 2.45) is 0 Å². The molecule has 0 spiro atoms. The zero-order valence-corrected chi connectivity index (χ0v) is 12.7. The Balaban J connectivity index is 2.17. The summed E-state index contributed by atoms with van der Waals surface area (Å²) in [6, 6.07) is 0. The van der Waals surface area contributed by atoms with Gasteiger partial charge in [0.2, 0.25) is 0 Å². The molecule has 0 fully saturated rings. The maximum absolute atomic E-state index is 12.7. The first-order valence-electron chi connectivity index (χ1n) is 7.09. The predicted octanol–water partition coefficient (Wildman–Crippen LogP) is 2.62. The second-order valence-corrected chi connectivity index (χ2v) is 6.54. The van der Waals surface area contributed by atoms with Crippen LogP contribution < -0.4 is 5.56 Å². The number of rotatable bonds is 3. The monoisotopic (exact) mass is 290 g/mol. The van der Waals surface area contributed by atoms with Crippen molar-refractivity contribution in [3.8, 4) is 0 Å². The molecule has 0 unspecified atom stereocenters. The van der Waals surface area contributed by atoms with Gasteiger partial charge in [0, 0.05) is 17.8 Å². The molecule has 3 rings (SSSR count). The highest BCUT2D eigenvalue weighted by atomic mass is 32.1. The fourth-order valence-electron chi connectivity index (χ4n) is 2.87. The topological polar surface area (TPSA) is 52.0 Å². The average molecular weight is 290 g/mol. The SMILES string of the molecule is CC(=O)CCn1c(C)nc2sc3c(c2c1=O)CCCC3. The van der Waals surface area contributed by atoms with Crippen molar-refractivity contribution in [3.05, 3.63) is 26.6 Å². The molecule has 0 N–H and O–H groups in total. The minimum absolute atomic E-state index is 0.0353. The molecule has 1 aliphatic rings. The molecule has 0 saturated carbocycles. The molecule has 0 saturated heterocycles. The van der Waals surface area contributed by atoms with Crippen molar-refractivity contribution in [1.29, 1.82) is 0 Å². The molecule has 0 bridgehead atoms. The van der Waals surface area contributed by atoms with E-state index in [1.165, 1.54) is 16.9 Å². The molecule has 2 heterocycles. The Labute approximate surface area is 121 Å². The average Bonchev–Trinajstić information content (AvgIpc) is 2.75. The van der Waals surface area contributed by atoms with Crippen molar-refractivity contribution in [2.75, 3.05) is 0 Å². The van der Waals surface area contributed by atoms with Crippen molar-refractivity contribution >= 4 is 27.3 Å². The molecule has 20 heavy (non-hydrogen) atoms. The Bertz CT molecular complexity index is 742. The van der Waals surface area contributed by atoms with E-state index in [1.807, 2.05) is 6.92 Å². The lowest BCUT2D eigenvalue weighted by atomic mass is 9.97. The largest absolute Gasteiger partial charge is 0.300 e. The summed E-state index contributed by atoms with van der Waals surface area (Å²) in [6.45, 7) is 3.84. The standard InChI is InChI=1S/C15H18N2O2S/c1-9(18)7-8-17-10(2)16-14-13(15(17)19)11-5-3-4-6-12(11)20-14/h3-8H2,1-2H3. The summed E-state index contributed by atoms with van der Waals surface area (Å²) in [5.41, 5.74) is 1.25. The Hall–Kier alpha value is -1.49. The molecule has 0 radical (unpaired) electrons. The summed E-state index contributed by atoms with van der Waals surface area (Å²) in [6.07, 6.45) is 4.81. The van der Waals surface area contributed by atoms with Crippen LogP contribution in [0.4, 0.5) is 0 Å². The van der Waals surface area contributed by atoms with Crippen LogP contribution in [0.2, 0.25) is 0 Å². The van der Waals surface area contributed by atoms with Gasteiger partial charge in [0.25, 0.3) is 5.56 Å². The lowest BCUT2D eigenvalue weighted by Crippen LogP contribution is -2.25. The molecule has 4 nitrogen and oxygen atoms in total. The summed E-state index contributed by atoms with van der Waals surface area (Å²) in [5.74, 6) is 0.811. The second kappa shape index (κ2) is 5.13. The van der Waals surface area contributed by atoms with Gasteiger partial charge in [0.1, 0.15) is 16.4 Å². The number of thiophene rings is 1. The fourth-order valence-corrected chi connectivity index (χ4v) is 4.17. The van der Waals surface area contributed by atoms with Gasteiger partial charge in [-0.1, -0.05) is 0 Å². The number of ketones is 1. The van der Waals surface area contributed by atoms with Gasteiger partial charge in [-0.25, -0.2) is 4.98 Å². The van der Waals surface area contributed by atoms with Crippen LogP contribution >= 0.6 is 11.3 Å². The number of carbonyl (C=O) groups excluding carboxylic acids is 1. The zero-order chi connectivity index (χ0) is 14.3. The zero-order valence-electron chi connectivity index (χ0n) is 11.9. The second-order valence-electron chi connectivity index (χ2n) is 5.46. The molecule has 2 aromatic rings. The van der Waals surface area contributed by atoms with E-state index in [0.29, 0.717) is 18.8 Å². The molecule has 1 aliphatic carbocycles. The Morgan fingerprint density at radius 2 is 2.10 bits per heavy atom. The maximum atomic E-state index is 12.7. The third-order valence-corrected chi connectivity index (χ3v) is 5.14. The summed E-state index contributed by atoms with van der Waals surface area (Å²) >= 11 is 1.67. The number of hydrogen-bond acceptors (Lipinski definition) is 4. The highest BCUT2D eigenvalue weighted by Crippen LogP contribution is 2.33. The third kappa shape index (κ3) is 2.20. The van der Waals surface area contributed by atoms with Gasteiger partial charge >= 0.3 is 0 Å². The Morgan fingerprint density at radius 1 is 1.35 bits per heavy atom. The molecule has 0 atom stereocenters. The van der Waals surface area contributed by atoms with E-state index in [2.05, 4.69) is 4.98 Å². The molecule has 0 amide bonds. The van der Waals surface area contributed by atoms with E-state index in [1.54, 1.807) is 22.8 Å².